The van der Waals surface area contributed by atoms with Crippen molar-refractivity contribution in [3.63, 3.8) is 0 Å². The van der Waals surface area contributed by atoms with Crippen LogP contribution in [0, 0.1) is 0 Å². The Morgan fingerprint density at radius 2 is 1.56 bits per heavy atom. The Morgan fingerprint density at radius 1 is 0.917 bits per heavy atom. The standard InChI is InChI=1S/C30H40N2O3S/c1-2-3-4-5-6-7-8-9-10-11-12-13-14-19-29(34)35-25-21-20-24(27(33)22-25)23-31-30-32-26-17-15-16-18-28(26)36-30/h15-18,20-23,33H,2-14,19H2,1H3/b31-23+. The topological polar surface area (TPSA) is 71.8 Å². The lowest BCUT2D eigenvalue weighted by molar-refractivity contribution is -0.134. The number of thiazole rings is 1. The minimum Gasteiger partial charge on any atom is -0.507 e. The van der Waals surface area contributed by atoms with E-state index in [0.717, 1.165) is 23.1 Å². The van der Waals surface area contributed by atoms with E-state index in [2.05, 4.69) is 16.9 Å². The first kappa shape index (κ1) is 27.9. The number of ether oxygens (including phenoxy) is 1. The summed E-state index contributed by atoms with van der Waals surface area (Å²) in [5, 5.41) is 11.0. The molecule has 1 N–H and O–H groups in total. The maximum absolute atomic E-state index is 12.2. The number of esters is 1. The number of carbonyl (C=O) groups excluding carboxylic acids is 1. The van der Waals surface area contributed by atoms with Crippen LogP contribution in [0.2, 0.25) is 0 Å². The fraction of sp³-hybridized carbons (Fsp3) is 0.500. The molecule has 0 saturated heterocycles. The fourth-order valence-corrected chi connectivity index (χ4v) is 5.02. The summed E-state index contributed by atoms with van der Waals surface area (Å²) in [5.74, 6) is 0.115. The number of benzene rings is 2. The van der Waals surface area contributed by atoms with Crippen LogP contribution in [0.25, 0.3) is 10.2 Å². The largest absolute Gasteiger partial charge is 0.507 e. The highest BCUT2D eigenvalue weighted by Gasteiger charge is 2.08. The minimum atomic E-state index is -0.256. The molecule has 36 heavy (non-hydrogen) atoms. The van der Waals surface area contributed by atoms with Gasteiger partial charge >= 0.3 is 5.97 Å². The van der Waals surface area contributed by atoms with Crippen molar-refractivity contribution in [3.05, 3.63) is 48.0 Å². The van der Waals surface area contributed by atoms with E-state index in [1.165, 1.54) is 88.0 Å². The van der Waals surface area contributed by atoms with Crippen molar-refractivity contribution in [2.45, 2.75) is 96.8 Å². The molecule has 1 heterocycles. The molecule has 3 rings (SSSR count). The average molecular weight is 509 g/mol. The van der Waals surface area contributed by atoms with Gasteiger partial charge < -0.3 is 9.84 Å². The first-order valence-electron chi connectivity index (χ1n) is 13.6. The van der Waals surface area contributed by atoms with E-state index in [0.29, 0.717) is 22.9 Å². The Kier molecular flexibility index (Phi) is 12.5. The van der Waals surface area contributed by atoms with E-state index in [4.69, 9.17) is 4.74 Å². The van der Waals surface area contributed by atoms with Gasteiger partial charge in [0, 0.05) is 24.3 Å². The second-order valence-corrected chi connectivity index (χ2v) is 10.4. The van der Waals surface area contributed by atoms with Crippen molar-refractivity contribution in [3.8, 4) is 11.5 Å². The molecule has 0 aliphatic carbocycles. The molecule has 0 unspecified atom stereocenters. The van der Waals surface area contributed by atoms with Crippen LogP contribution in [-0.2, 0) is 4.79 Å². The molecule has 194 valence electrons. The monoisotopic (exact) mass is 508 g/mol. The van der Waals surface area contributed by atoms with Gasteiger partial charge in [-0.2, -0.15) is 0 Å². The zero-order valence-electron chi connectivity index (χ0n) is 21.6. The number of aromatic nitrogens is 1. The van der Waals surface area contributed by atoms with E-state index in [1.807, 2.05) is 24.3 Å². The van der Waals surface area contributed by atoms with Crippen LogP contribution < -0.4 is 4.74 Å². The van der Waals surface area contributed by atoms with E-state index in [1.54, 1.807) is 18.3 Å². The Morgan fingerprint density at radius 3 is 2.19 bits per heavy atom. The summed E-state index contributed by atoms with van der Waals surface area (Å²) >= 11 is 1.49. The molecule has 1 aromatic heterocycles. The third kappa shape index (κ3) is 10.1. The zero-order valence-corrected chi connectivity index (χ0v) is 22.4. The van der Waals surface area contributed by atoms with Crippen LogP contribution in [-0.4, -0.2) is 22.3 Å². The number of phenolic OH excluding ortho intramolecular Hbond substituents is 1. The lowest BCUT2D eigenvalue weighted by Crippen LogP contribution is -2.07. The fourth-order valence-electron chi connectivity index (χ4n) is 4.21. The molecular weight excluding hydrogens is 468 g/mol. The third-order valence-electron chi connectivity index (χ3n) is 6.31. The molecule has 0 saturated carbocycles. The highest BCUT2D eigenvalue weighted by atomic mass is 32.1. The van der Waals surface area contributed by atoms with E-state index >= 15 is 0 Å². The van der Waals surface area contributed by atoms with Gasteiger partial charge in [0.05, 0.1) is 10.2 Å². The summed E-state index contributed by atoms with van der Waals surface area (Å²) in [6.07, 6.45) is 18.5. The summed E-state index contributed by atoms with van der Waals surface area (Å²) in [6, 6.07) is 12.7. The van der Waals surface area contributed by atoms with Crippen molar-refractivity contribution in [1.82, 2.24) is 4.98 Å². The first-order valence-corrected chi connectivity index (χ1v) is 14.4. The second-order valence-electron chi connectivity index (χ2n) is 9.41. The van der Waals surface area contributed by atoms with Crippen molar-refractivity contribution in [2.75, 3.05) is 0 Å². The number of hydrogen-bond acceptors (Lipinski definition) is 6. The van der Waals surface area contributed by atoms with Gasteiger partial charge in [-0.15, -0.1) is 0 Å². The van der Waals surface area contributed by atoms with Crippen molar-refractivity contribution in [1.29, 1.82) is 0 Å². The molecule has 6 heteroatoms. The quantitative estimate of drug-likeness (QED) is 0.0854. The summed E-state index contributed by atoms with van der Waals surface area (Å²) < 4.78 is 6.48. The molecule has 0 aliphatic heterocycles. The van der Waals surface area contributed by atoms with Gasteiger partial charge in [0.2, 0.25) is 5.13 Å². The molecule has 2 aromatic carbocycles. The maximum Gasteiger partial charge on any atom is 0.311 e. The van der Waals surface area contributed by atoms with Gasteiger partial charge in [-0.25, -0.2) is 9.98 Å². The van der Waals surface area contributed by atoms with Crippen LogP contribution in [0.3, 0.4) is 0 Å². The summed E-state index contributed by atoms with van der Waals surface area (Å²) in [6.45, 7) is 2.26. The summed E-state index contributed by atoms with van der Waals surface area (Å²) in [7, 11) is 0. The van der Waals surface area contributed by atoms with Gasteiger partial charge in [-0.05, 0) is 30.7 Å². The summed E-state index contributed by atoms with van der Waals surface area (Å²) in [4.78, 5) is 21.0. The van der Waals surface area contributed by atoms with Crippen molar-refractivity contribution < 1.29 is 14.6 Å². The Bertz CT molecular complexity index is 1060. The Balaban J connectivity index is 1.27. The first-order chi connectivity index (χ1) is 17.7. The molecule has 0 spiro atoms. The number of fused-ring (bicyclic) bond motifs is 1. The van der Waals surface area contributed by atoms with E-state index in [9.17, 15) is 9.90 Å². The van der Waals surface area contributed by atoms with Gasteiger partial charge in [0.1, 0.15) is 11.5 Å². The average Bonchev–Trinajstić information content (AvgIpc) is 3.29. The predicted molar refractivity (Wildman–Crippen MR) is 151 cm³/mol. The molecule has 3 aromatic rings. The SMILES string of the molecule is CCCCCCCCCCCCCCCC(=O)Oc1ccc(/C=N/c2nc3ccccc3s2)c(O)c1. The van der Waals surface area contributed by atoms with Crippen LogP contribution in [0.4, 0.5) is 5.13 Å². The molecule has 0 amide bonds. The zero-order chi connectivity index (χ0) is 25.4. The molecule has 0 radical (unpaired) electrons. The number of aliphatic imine (C=N–C) groups is 1. The number of para-hydroxylation sites is 1. The molecule has 5 nitrogen and oxygen atoms in total. The van der Waals surface area contributed by atoms with Crippen LogP contribution >= 0.6 is 11.3 Å². The third-order valence-corrected chi connectivity index (χ3v) is 7.26. The number of hydrogen-bond donors (Lipinski definition) is 1. The van der Waals surface area contributed by atoms with Gasteiger partial charge in [-0.3, -0.25) is 4.79 Å². The number of aromatic hydroxyl groups is 1. The number of carbonyl (C=O) groups is 1. The molecule has 0 fully saturated rings. The Labute approximate surface area is 219 Å². The van der Waals surface area contributed by atoms with Crippen LogP contribution in [0.5, 0.6) is 11.5 Å². The van der Waals surface area contributed by atoms with Gasteiger partial charge in [-0.1, -0.05) is 107 Å². The van der Waals surface area contributed by atoms with Crippen LogP contribution in [0.1, 0.15) is 102 Å². The number of unbranched alkanes of at least 4 members (excludes halogenated alkanes) is 12. The maximum atomic E-state index is 12.2. The normalized spacial score (nSPS) is 11.5. The predicted octanol–water partition coefficient (Wildman–Crippen LogP) is 9.14. The minimum absolute atomic E-state index is 0.0196. The smallest absolute Gasteiger partial charge is 0.311 e. The molecule has 0 bridgehead atoms. The number of nitrogens with zero attached hydrogens (tertiary/aromatic N) is 2. The number of rotatable bonds is 17. The highest BCUT2D eigenvalue weighted by molar-refractivity contribution is 7.22. The van der Waals surface area contributed by atoms with Crippen molar-refractivity contribution in [2.24, 2.45) is 4.99 Å². The lowest BCUT2D eigenvalue weighted by Gasteiger charge is -2.06. The lowest BCUT2D eigenvalue weighted by atomic mass is 10.0. The number of phenols is 1. The molecular formula is C30H40N2O3S. The molecule has 0 atom stereocenters. The highest BCUT2D eigenvalue weighted by Crippen LogP contribution is 2.28. The molecule has 0 aliphatic rings. The van der Waals surface area contributed by atoms with Gasteiger partial charge in [0.25, 0.3) is 0 Å². The van der Waals surface area contributed by atoms with E-state index < -0.39 is 0 Å². The Hall–Kier alpha value is -2.73. The second kappa shape index (κ2) is 16.1. The van der Waals surface area contributed by atoms with E-state index in [-0.39, 0.29) is 11.7 Å². The van der Waals surface area contributed by atoms with Gasteiger partial charge in [0.15, 0.2) is 0 Å². The van der Waals surface area contributed by atoms with Crippen LogP contribution in [0.15, 0.2) is 47.5 Å². The summed E-state index contributed by atoms with van der Waals surface area (Å²) in [5.41, 5.74) is 1.45. The van der Waals surface area contributed by atoms with Crippen molar-refractivity contribution >= 4 is 38.9 Å².